The maximum absolute atomic E-state index is 12.5. The normalized spacial score (nSPS) is 10.2. The van der Waals surface area contributed by atoms with E-state index in [9.17, 15) is 4.79 Å². The topological polar surface area (TPSA) is 38.8 Å². The lowest BCUT2D eigenvalue weighted by molar-refractivity contribution is 0.0784. The van der Waals surface area contributed by atoms with Gasteiger partial charge in [-0.1, -0.05) is 18.2 Å². The monoisotopic (exact) mass is 299 g/mol. The van der Waals surface area contributed by atoms with Crippen molar-refractivity contribution in [1.29, 1.82) is 0 Å². The third-order valence-corrected chi connectivity index (χ3v) is 3.58. The molecule has 0 heterocycles. The van der Waals surface area contributed by atoms with Crippen molar-refractivity contribution in [3.8, 4) is 11.5 Å². The van der Waals surface area contributed by atoms with Gasteiger partial charge >= 0.3 is 0 Å². The molecule has 0 spiro atoms. The molecule has 4 nitrogen and oxygen atoms in total. The summed E-state index contributed by atoms with van der Waals surface area (Å²) >= 11 is 0. The quantitative estimate of drug-likeness (QED) is 0.850. The third-order valence-electron chi connectivity index (χ3n) is 3.58. The number of carbonyl (C=O) groups is 1. The molecule has 116 valence electrons. The molecule has 0 saturated carbocycles. The van der Waals surface area contributed by atoms with Gasteiger partial charge in [0.15, 0.2) is 0 Å². The van der Waals surface area contributed by atoms with Crippen molar-refractivity contribution in [2.45, 2.75) is 13.5 Å². The zero-order chi connectivity index (χ0) is 16.1. The maximum Gasteiger partial charge on any atom is 0.254 e. The number of benzene rings is 2. The van der Waals surface area contributed by atoms with Crippen LogP contribution in [0.3, 0.4) is 0 Å². The molecule has 0 bridgehead atoms. The van der Waals surface area contributed by atoms with Gasteiger partial charge < -0.3 is 14.4 Å². The van der Waals surface area contributed by atoms with Crippen LogP contribution in [-0.4, -0.2) is 32.1 Å². The molecule has 0 saturated heterocycles. The van der Waals surface area contributed by atoms with Crippen LogP contribution in [0.1, 0.15) is 21.5 Å². The second-order valence-electron chi connectivity index (χ2n) is 5.19. The van der Waals surface area contributed by atoms with E-state index in [4.69, 9.17) is 9.47 Å². The molecule has 0 aromatic heterocycles. The molecule has 1 amide bonds. The lowest BCUT2D eigenvalue weighted by atomic mass is 10.1. The first-order valence-electron chi connectivity index (χ1n) is 7.08. The van der Waals surface area contributed by atoms with Gasteiger partial charge in [-0.05, 0) is 42.3 Å². The molecule has 0 radical (unpaired) electrons. The summed E-state index contributed by atoms with van der Waals surface area (Å²) in [5.74, 6) is 1.50. The van der Waals surface area contributed by atoms with Crippen molar-refractivity contribution < 1.29 is 14.3 Å². The van der Waals surface area contributed by atoms with Crippen LogP contribution in [0.4, 0.5) is 0 Å². The lowest BCUT2D eigenvalue weighted by Gasteiger charge is -2.18. The van der Waals surface area contributed by atoms with Crippen LogP contribution in [-0.2, 0) is 6.54 Å². The van der Waals surface area contributed by atoms with Crippen molar-refractivity contribution in [1.82, 2.24) is 4.90 Å². The maximum atomic E-state index is 12.5. The van der Waals surface area contributed by atoms with E-state index in [-0.39, 0.29) is 5.91 Å². The van der Waals surface area contributed by atoms with Crippen molar-refractivity contribution in [2.75, 3.05) is 21.3 Å². The van der Waals surface area contributed by atoms with E-state index in [0.717, 1.165) is 22.6 Å². The SMILES string of the molecule is COc1ccc(CN(C)C(=O)c2ccc(C)c(OC)c2)cc1. The summed E-state index contributed by atoms with van der Waals surface area (Å²) in [6.45, 7) is 2.49. The summed E-state index contributed by atoms with van der Waals surface area (Å²) in [5, 5.41) is 0. The van der Waals surface area contributed by atoms with Gasteiger partial charge in [0.25, 0.3) is 5.91 Å². The number of rotatable bonds is 5. The number of nitrogens with zero attached hydrogens (tertiary/aromatic N) is 1. The van der Waals surface area contributed by atoms with Crippen LogP contribution in [0.15, 0.2) is 42.5 Å². The van der Waals surface area contributed by atoms with Crippen LogP contribution in [0.5, 0.6) is 11.5 Å². The number of hydrogen-bond acceptors (Lipinski definition) is 3. The van der Waals surface area contributed by atoms with Gasteiger partial charge in [-0.15, -0.1) is 0 Å². The Hall–Kier alpha value is -2.49. The Bertz CT molecular complexity index is 650. The van der Waals surface area contributed by atoms with Gasteiger partial charge in [0, 0.05) is 19.2 Å². The lowest BCUT2D eigenvalue weighted by Crippen LogP contribution is -2.26. The zero-order valence-corrected chi connectivity index (χ0v) is 13.4. The third kappa shape index (κ3) is 3.58. The minimum atomic E-state index is -0.0332. The fourth-order valence-corrected chi connectivity index (χ4v) is 2.25. The van der Waals surface area contributed by atoms with Crippen LogP contribution in [0, 0.1) is 6.92 Å². The van der Waals surface area contributed by atoms with Crippen molar-refractivity contribution in [3.63, 3.8) is 0 Å². The van der Waals surface area contributed by atoms with Gasteiger partial charge in [0.05, 0.1) is 14.2 Å². The summed E-state index contributed by atoms with van der Waals surface area (Å²) in [5.41, 5.74) is 2.69. The van der Waals surface area contributed by atoms with Gasteiger partial charge in [0.1, 0.15) is 11.5 Å². The van der Waals surface area contributed by atoms with E-state index in [2.05, 4.69) is 0 Å². The Balaban J connectivity index is 2.11. The second kappa shape index (κ2) is 6.98. The van der Waals surface area contributed by atoms with Gasteiger partial charge in [0.2, 0.25) is 0 Å². The van der Waals surface area contributed by atoms with Gasteiger partial charge in [-0.25, -0.2) is 0 Å². The Morgan fingerprint density at radius 3 is 2.32 bits per heavy atom. The van der Waals surface area contributed by atoms with Gasteiger partial charge in [-0.2, -0.15) is 0 Å². The molecule has 22 heavy (non-hydrogen) atoms. The first-order valence-corrected chi connectivity index (χ1v) is 7.08. The zero-order valence-electron chi connectivity index (χ0n) is 13.4. The molecule has 0 aliphatic rings. The Morgan fingerprint density at radius 2 is 1.73 bits per heavy atom. The molecule has 0 aliphatic carbocycles. The van der Waals surface area contributed by atoms with E-state index >= 15 is 0 Å². The van der Waals surface area contributed by atoms with E-state index in [1.807, 2.05) is 43.3 Å². The Kier molecular flexibility index (Phi) is 5.04. The predicted molar refractivity (Wildman–Crippen MR) is 86.5 cm³/mol. The van der Waals surface area contributed by atoms with Crippen LogP contribution < -0.4 is 9.47 Å². The predicted octanol–water partition coefficient (Wildman–Crippen LogP) is 3.28. The molecule has 0 aliphatic heterocycles. The molecule has 0 atom stereocenters. The standard InChI is InChI=1S/C18H21NO3/c1-13-5-8-15(11-17(13)22-4)18(20)19(2)12-14-6-9-16(21-3)10-7-14/h5-11H,12H2,1-4H3. The minimum Gasteiger partial charge on any atom is -0.497 e. The number of carbonyl (C=O) groups excluding carboxylic acids is 1. The molecule has 4 heteroatoms. The van der Waals surface area contributed by atoms with Crippen molar-refractivity contribution in [2.24, 2.45) is 0 Å². The highest BCUT2D eigenvalue weighted by Gasteiger charge is 2.13. The molecule has 0 N–H and O–H groups in total. The number of amides is 1. The summed E-state index contributed by atoms with van der Waals surface area (Å²) in [6.07, 6.45) is 0. The first kappa shape index (κ1) is 15.9. The highest BCUT2D eigenvalue weighted by Crippen LogP contribution is 2.20. The molecule has 2 aromatic carbocycles. The Labute approximate surface area is 131 Å². The second-order valence-corrected chi connectivity index (χ2v) is 5.19. The molecule has 2 aromatic rings. The summed E-state index contributed by atoms with van der Waals surface area (Å²) in [6, 6.07) is 13.2. The number of methoxy groups -OCH3 is 2. The fourth-order valence-electron chi connectivity index (χ4n) is 2.25. The minimum absolute atomic E-state index is 0.0332. The molecular weight excluding hydrogens is 278 g/mol. The molecule has 0 fully saturated rings. The largest absolute Gasteiger partial charge is 0.497 e. The Morgan fingerprint density at radius 1 is 1.05 bits per heavy atom. The van der Waals surface area contributed by atoms with Gasteiger partial charge in [-0.3, -0.25) is 4.79 Å². The number of aryl methyl sites for hydroxylation is 1. The van der Waals surface area contributed by atoms with Crippen LogP contribution in [0.25, 0.3) is 0 Å². The molecule has 2 rings (SSSR count). The molecular formula is C18H21NO3. The fraction of sp³-hybridized carbons (Fsp3) is 0.278. The highest BCUT2D eigenvalue weighted by atomic mass is 16.5. The number of ether oxygens (including phenoxy) is 2. The summed E-state index contributed by atoms with van der Waals surface area (Å²) < 4.78 is 10.4. The van der Waals surface area contributed by atoms with Crippen molar-refractivity contribution >= 4 is 5.91 Å². The highest BCUT2D eigenvalue weighted by molar-refractivity contribution is 5.94. The van der Waals surface area contributed by atoms with E-state index in [0.29, 0.717) is 12.1 Å². The van der Waals surface area contributed by atoms with Crippen LogP contribution >= 0.6 is 0 Å². The smallest absolute Gasteiger partial charge is 0.254 e. The summed E-state index contributed by atoms with van der Waals surface area (Å²) in [4.78, 5) is 14.2. The van der Waals surface area contributed by atoms with E-state index in [1.165, 1.54) is 0 Å². The molecule has 0 unspecified atom stereocenters. The first-order chi connectivity index (χ1) is 10.5. The van der Waals surface area contributed by atoms with Crippen LogP contribution in [0.2, 0.25) is 0 Å². The number of hydrogen-bond donors (Lipinski definition) is 0. The van der Waals surface area contributed by atoms with E-state index in [1.54, 1.807) is 32.2 Å². The summed E-state index contributed by atoms with van der Waals surface area (Å²) in [7, 11) is 5.03. The average Bonchev–Trinajstić information content (AvgIpc) is 2.55. The average molecular weight is 299 g/mol. The van der Waals surface area contributed by atoms with E-state index < -0.39 is 0 Å². The van der Waals surface area contributed by atoms with Crippen molar-refractivity contribution in [3.05, 3.63) is 59.2 Å².